The Balaban J connectivity index is 3.30. The first-order chi connectivity index (χ1) is 8.92. The van der Waals surface area contributed by atoms with Crippen LogP contribution in [0.15, 0.2) is 17.9 Å². The second kappa shape index (κ2) is 5.99. The molecular weight excluding hydrogens is 250 g/mol. The Hall–Kier alpha value is -2.37. The Morgan fingerprint density at radius 2 is 1.84 bits per heavy atom. The summed E-state index contributed by atoms with van der Waals surface area (Å²) in [5, 5.41) is 9.53. The molecule has 0 spiro atoms. The number of ether oxygens (including phenoxy) is 2. The molecule has 0 aromatic carbocycles. The first kappa shape index (κ1) is 14.7. The Morgan fingerprint density at radius 3 is 2.26 bits per heavy atom. The van der Waals surface area contributed by atoms with Crippen LogP contribution < -0.4 is 0 Å². The third-order valence-electron chi connectivity index (χ3n) is 2.50. The molecular formula is C13H15NO5. The van der Waals surface area contributed by atoms with Gasteiger partial charge in [0, 0.05) is 0 Å². The van der Waals surface area contributed by atoms with Crippen LogP contribution in [0, 0.1) is 6.92 Å². The average molecular weight is 265 g/mol. The minimum Gasteiger partial charge on any atom is -0.512 e. The van der Waals surface area contributed by atoms with E-state index in [4.69, 9.17) is 0 Å². The number of hydrogen-bond acceptors (Lipinski definition) is 6. The Bertz CT molecular complexity index is 544. The van der Waals surface area contributed by atoms with E-state index in [1.54, 1.807) is 6.92 Å². The Labute approximate surface area is 110 Å². The molecule has 1 N–H and O–H groups in total. The molecule has 1 aromatic heterocycles. The summed E-state index contributed by atoms with van der Waals surface area (Å²) >= 11 is 0. The lowest BCUT2D eigenvalue weighted by atomic mass is 10.1. The molecule has 6 nitrogen and oxygen atoms in total. The highest BCUT2D eigenvalue weighted by atomic mass is 16.5. The number of methoxy groups -OCH3 is 2. The van der Waals surface area contributed by atoms with Crippen molar-refractivity contribution in [2.45, 2.75) is 13.8 Å². The van der Waals surface area contributed by atoms with Crippen LogP contribution in [0.3, 0.4) is 0 Å². The van der Waals surface area contributed by atoms with Crippen LogP contribution in [0.1, 0.15) is 28.7 Å². The molecule has 1 rings (SSSR count). The van der Waals surface area contributed by atoms with E-state index < -0.39 is 11.9 Å². The first-order valence-electron chi connectivity index (χ1n) is 5.46. The summed E-state index contributed by atoms with van der Waals surface area (Å²) in [5.41, 5.74) is 0.886. The molecule has 102 valence electrons. The maximum absolute atomic E-state index is 11.6. The number of nitrogens with zero attached hydrogens (tertiary/aromatic N) is 1. The van der Waals surface area contributed by atoms with Crippen molar-refractivity contribution in [3.05, 3.63) is 34.8 Å². The van der Waals surface area contributed by atoms with Crippen LogP contribution in [0.4, 0.5) is 0 Å². The summed E-state index contributed by atoms with van der Waals surface area (Å²) in [6, 6.07) is 2.93. The SMILES string of the molecule is COC(=O)/C(=C(/C)O)c1ccc(C(=O)OC)c(C)n1. The van der Waals surface area contributed by atoms with E-state index in [-0.39, 0.29) is 17.0 Å². The zero-order valence-electron chi connectivity index (χ0n) is 11.2. The number of hydrogen-bond donors (Lipinski definition) is 1. The van der Waals surface area contributed by atoms with Crippen molar-refractivity contribution in [3.8, 4) is 0 Å². The lowest BCUT2D eigenvalue weighted by Gasteiger charge is -2.09. The summed E-state index contributed by atoms with van der Waals surface area (Å²) in [7, 11) is 2.48. The second-order valence-corrected chi connectivity index (χ2v) is 3.77. The predicted molar refractivity (Wildman–Crippen MR) is 67.6 cm³/mol. The standard InChI is InChI=1S/C13H15NO5/c1-7-9(12(16)18-3)5-6-10(14-7)11(8(2)15)13(17)19-4/h5-6,15H,1-4H3/b11-8-. The fourth-order valence-corrected chi connectivity index (χ4v) is 1.57. The molecule has 0 aliphatic heterocycles. The van der Waals surface area contributed by atoms with E-state index in [2.05, 4.69) is 14.5 Å². The molecule has 0 amide bonds. The predicted octanol–water partition coefficient (Wildman–Crippen LogP) is 1.64. The van der Waals surface area contributed by atoms with Gasteiger partial charge >= 0.3 is 11.9 Å². The van der Waals surface area contributed by atoms with E-state index in [0.717, 1.165) is 0 Å². The first-order valence-corrected chi connectivity index (χ1v) is 5.46. The molecule has 6 heteroatoms. The van der Waals surface area contributed by atoms with Crippen molar-refractivity contribution in [1.82, 2.24) is 4.98 Å². The lowest BCUT2D eigenvalue weighted by molar-refractivity contribution is -0.133. The molecule has 1 heterocycles. The fourth-order valence-electron chi connectivity index (χ4n) is 1.57. The molecule has 0 bridgehead atoms. The van der Waals surface area contributed by atoms with Crippen LogP contribution >= 0.6 is 0 Å². The van der Waals surface area contributed by atoms with Crippen molar-refractivity contribution in [3.63, 3.8) is 0 Å². The number of esters is 2. The topological polar surface area (TPSA) is 85.7 Å². The summed E-state index contributed by atoms with van der Waals surface area (Å²) in [6.45, 7) is 2.97. The summed E-state index contributed by atoms with van der Waals surface area (Å²) < 4.78 is 9.18. The third-order valence-corrected chi connectivity index (χ3v) is 2.50. The highest BCUT2D eigenvalue weighted by Gasteiger charge is 2.19. The number of aromatic nitrogens is 1. The number of allylic oxidation sites excluding steroid dienone is 1. The fraction of sp³-hybridized carbons (Fsp3) is 0.308. The van der Waals surface area contributed by atoms with E-state index >= 15 is 0 Å². The smallest absolute Gasteiger partial charge is 0.343 e. The molecule has 0 fully saturated rings. The molecule has 19 heavy (non-hydrogen) atoms. The van der Waals surface area contributed by atoms with Crippen molar-refractivity contribution in [1.29, 1.82) is 0 Å². The molecule has 0 aliphatic rings. The third kappa shape index (κ3) is 3.09. The number of carbonyl (C=O) groups is 2. The maximum Gasteiger partial charge on any atom is 0.343 e. The van der Waals surface area contributed by atoms with Gasteiger partial charge in [0.1, 0.15) is 11.3 Å². The van der Waals surface area contributed by atoms with E-state index in [1.807, 2.05) is 0 Å². The van der Waals surface area contributed by atoms with Gasteiger partial charge in [-0.1, -0.05) is 0 Å². The van der Waals surface area contributed by atoms with E-state index in [9.17, 15) is 14.7 Å². The quantitative estimate of drug-likeness (QED) is 0.508. The second-order valence-electron chi connectivity index (χ2n) is 3.77. The minimum absolute atomic E-state index is 0.0398. The number of aryl methyl sites for hydroxylation is 1. The van der Waals surface area contributed by atoms with Gasteiger partial charge in [-0.3, -0.25) is 4.98 Å². The van der Waals surface area contributed by atoms with Crippen LogP contribution in [-0.4, -0.2) is 36.2 Å². The zero-order valence-corrected chi connectivity index (χ0v) is 11.2. The number of carbonyl (C=O) groups excluding carboxylic acids is 2. The summed E-state index contributed by atoms with van der Waals surface area (Å²) in [5.74, 6) is -1.41. The van der Waals surface area contributed by atoms with Crippen LogP contribution in [0.2, 0.25) is 0 Å². The normalized spacial score (nSPS) is 11.6. The maximum atomic E-state index is 11.6. The molecule has 0 atom stereocenters. The Kier molecular flexibility index (Phi) is 4.63. The van der Waals surface area contributed by atoms with Gasteiger partial charge in [0.05, 0.1) is 31.2 Å². The van der Waals surface area contributed by atoms with Crippen molar-refractivity contribution < 1.29 is 24.2 Å². The number of aliphatic hydroxyl groups excluding tert-OH is 1. The summed E-state index contributed by atoms with van der Waals surface area (Å²) in [4.78, 5) is 27.1. The van der Waals surface area contributed by atoms with Gasteiger partial charge in [0.15, 0.2) is 0 Å². The average Bonchev–Trinajstić information content (AvgIpc) is 2.37. The van der Waals surface area contributed by atoms with E-state index in [1.165, 1.54) is 33.3 Å². The van der Waals surface area contributed by atoms with Gasteiger partial charge in [-0.2, -0.15) is 0 Å². The molecule has 0 unspecified atom stereocenters. The van der Waals surface area contributed by atoms with Crippen molar-refractivity contribution >= 4 is 17.5 Å². The monoisotopic (exact) mass is 265 g/mol. The van der Waals surface area contributed by atoms with Crippen molar-refractivity contribution in [2.75, 3.05) is 14.2 Å². The van der Waals surface area contributed by atoms with Gasteiger partial charge in [0.25, 0.3) is 0 Å². The highest BCUT2D eigenvalue weighted by molar-refractivity contribution is 6.16. The zero-order chi connectivity index (χ0) is 14.6. The van der Waals surface area contributed by atoms with Gasteiger partial charge in [-0.15, -0.1) is 0 Å². The van der Waals surface area contributed by atoms with Crippen molar-refractivity contribution in [2.24, 2.45) is 0 Å². The van der Waals surface area contributed by atoms with Gasteiger partial charge in [0.2, 0.25) is 0 Å². The lowest BCUT2D eigenvalue weighted by Crippen LogP contribution is -2.11. The van der Waals surface area contributed by atoms with Crippen LogP contribution in [-0.2, 0) is 14.3 Å². The molecule has 0 aliphatic carbocycles. The van der Waals surface area contributed by atoms with E-state index in [0.29, 0.717) is 11.3 Å². The summed E-state index contributed by atoms with van der Waals surface area (Å²) in [6.07, 6.45) is 0. The van der Waals surface area contributed by atoms with Gasteiger partial charge < -0.3 is 14.6 Å². The largest absolute Gasteiger partial charge is 0.512 e. The molecule has 0 saturated heterocycles. The van der Waals surface area contributed by atoms with Gasteiger partial charge in [-0.25, -0.2) is 9.59 Å². The molecule has 1 aromatic rings. The Morgan fingerprint density at radius 1 is 1.21 bits per heavy atom. The molecule has 0 radical (unpaired) electrons. The number of rotatable bonds is 3. The van der Waals surface area contributed by atoms with Crippen LogP contribution in [0.25, 0.3) is 5.57 Å². The van der Waals surface area contributed by atoms with Crippen LogP contribution in [0.5, 0.6) is 0 Å². The molecule has 0 saturated carbocycles. The highest BCUT2D eigenvalue weighted by Crippen LogP contribution is 2.19. The van der Waals surface area contributed by atoms with Gasteiger partial charge in [-0.05, 0) is 26.0 Å². The number of aliphatic hydroxyl groups is 1. The number of pyridine rings is 1. The minimum atomic E-state index is -0.697.